The van der Waals surface area contributed by atoms with E-state index in [1.807, 2.05) is 0 Å². The highest BCUT2D eigenvalue weighted by Gasteiger charge is 2.39. The van der Waals surface area contributed by atoms with E-state index in [9.17, 15) is 9.67 Å². The molecule has 1 aliphatic rings. The van der Waals surface area contributed by atoms with Gasteiger partial charge >= 0.3 is 0 Å². The Hall–Kier alpha value is -0.380. The molecule has 6 heteroatoms. The Morgan fingerprint density at radius 3 is 2.59 bits per heavy atom. The third-order valence-corrected chi connectivity index (χ3v) is 6.57. The van der Waals surface area contributed by atoms with Crippen LogP contribution in [-0.2, 0) is 13.9 Å². The van der Waals surface area contributed by atoms with Crippen molar-refractivity contribution in [3.05, 3.63) is 0 Å². The fraction of sp³-hybridized carbons (Fsp3) is 0.938. The van der Waals surface area contributed by atoms with Gasteiger partial charge in [-0.2, -0.15) is 0 Å². The molecule has 0 aliphatic heterocycles. The van der Waals surface area contributed by atoms with Gasteiger partial charge in [0.25, 0.3) is 0 Å². The largest absolute Gasteiger partial charge is 0.399 e. The number of hydrogen-bond acceptors (Lipinski definition) is 5. The van der Waals surface area contributed by atoms with Crippen LogP contribution >= 0.6 is 7.37 Å². The zero-order chi connectivity index (χ0) is 16.6. The summed E-state index contributed by atoms with van der Waals surface area (Å²) in [4.78, 5) is 4.95. The maximum atomic E-state index is 12.0. The van der Waals surface area contributed by atoms with Crippen LogP contribution in [0, 0.1) is 11.8 Å². The molecule has 1 aliphatic carbocycles. The second-order valence-electron chi connectivity index (χ2n) is 6.37. The average Bonchev–Trinajstić information content (AvgIpc) is 2.76. The SMILES string of the molecule is CCCCCC1/C(=N\OC)CC(O)C1CCCP(C)(=O)OC. The van der Waals surface area contributed by atoms with Gasteiger partial charge in [0, 0.05) is 32.3 Å². The predicted molar refractivity (Wildman–Crippen MR) is 90.8 cm³/mol. The van der Waals surface area contributed by atoms with E-state index < -0.39 is 7.37 Å². The van der Waals surface area contributed by atoms with Crippen LogP contribution in [0.5, 0.6) is 0 Å². The maximum Gasteiger partial charge on any atom is 0.199 e. The van der Waals surface area contributed by atoms with E-state index >= 15 is 0 Å². The van der Waals surface area contributed by atoms with Crippen molar-refractivity contribution in [3.63, 3.8) is 0 Å². The smallest absolute Gasteiger partial charge is 0.199 e. The van der Waals surface area contributed by atoms with Crippen LogP contribution < -0.4 is 0 Å². The van der Waals surface area contributed by atoms with Crippen LogP contribution in [0.2, 0.25) is 0 Å². The molecule has 0 amide bonds. The molecule has 4 atom stereocenters. The molecule has 5 nitrogen and oxygen atoms in total. The van der Waals surface area contributed by atoms with E-state index in [-0.39, 0.29) is 12.0 Å². The van der Waals surface area contributed by atoms with Gasteiger partial charge in [0.2, 0.25) is 0 Å². The maximum absolute atomic E-state index is 12.0. The lowest BCUT2D eigenvalue weighted by molar-refractivity contribution is 0.109. The number of hydrogen-bond donors (Lipinski definition) is 1. The summed E-state index contributed by atoms with van der Waals surface area (Å²) in [6, 6.07) is 0. The lowest BCUT2D eigenvalue weighted by Gasteiger charge is -2.22. The lowest BCUT2D eigenvalue weighted by atomic mass is 9.86. The highest BCUT2D eigenvalue weighted by atomic mass is 31.2. The predicted octanol–water partition coefficient (Wildman–Crippen LogP) is 3.90. The first kappa shape index (κ1) is 19.7. The molecule has 0 aromatic rings. The summed E-state index contributed by atoms with van der Waals surface area (Å²) in [7, 11) is 0.599. The molecule has 22 heavy (non-hydrogen) atoms. The molecular formula is C16H32NO4P. The topological polar surface area (TPSA) is 68.1 Å². The van der Waals surface area contributed by atoms with E-state index in [2.05, 4.69) is 12.1 Å². The molecule has 0 heterocycles. The lowest BCUT2D eigenvalue weighted by Crippen LogP contribution is -2.21. The van der Waals surface area contributed by atoms with Crippen molar-refractivity contribution in [3.8, 4) is 0 Å². The minimum atomic E-state index is -2.46. The van der Waals surface area contributed by atoms with Gasteiger partial charge < -0.3 is 14.5 Å². The second kappa shape index (κ2) is 9.69. The highest BCUT2D eigenvalue weighted by molar-refractivity contribution is 7.58. The minimum Gasteiger partial charge on any atom is -0.399 e. The summed E-state index contributed by atoms with van der Waals surface area (Å²) in [5.74, 6) is 0.489. The van der Waals surface area contributed by atoms with Gasteiger partial charge in [0.05, 0.1) is 11.8 Å². The quantitative estimate of drug-likeness (QED) is 0.374. The Labute approximate surface area is 134 Å². The van der Waals surface area contributed by atoms with Crippen molar-refractivity contribution in [2.75, 3.05) is 27.0 Å². The summed E-state index contributed by atoms with van der Waals surface area (Å²) in [5.41, 5.74) is 0.988. The molecule has 0 aromatic carbocycles. The third kappa shape index (κ3) is 6.02. The van der Waals surface area contributed by atoms with Gasteiger partial charge in [-0.1, -0.05) is 31.3 Å². The minimum absolute atomic E-state index is 0.197. The van der Waals surface area contributed by atoms with E-state index in [4.69, 9.17) is 9.36 Å². The van der Waals surface area contributed by atoms with Gasteiger partial charge in [-0.15, -0.1) is 0 Å². The summed E-state index contributed by atoms with van der Waals surface area (Å²) in [6.07, 6.45) is 7.07. The summed E-state index contributed by atoms with van der Waals surface area (Å²) < 4.78 is 17.0. The summed E-state index contributed by atoms with van der Waals surface area (Å²) >= 11 is 0. The Morgan fingerprint density at radius 1 is 1.27 bits per heavy atom. The van der Waals surface area contributed by atoms with Gasteiger partial charge in [0.15, 0.2) is 7.37 Å². The Kier molecular flexibility index (Phi) is 8.66. The van der Waals surface area contributed by atoms with Crippen molar-refractivity contribution >= 4 is 13.1 Å². The third-order valence-electron chi connectivity index (χ3n) is 4.67. The molecular weight excluding hydrogens is 301 g/mol. The molecule has 0 spiro atoms. The zero-order valence-electron chi connectivity index (χ0n) is 14.5. The van der Waals surface area contributed by atoms with E-state index in [1.165, 1.54) is 20.0 Å². The van der Waals surface area contributed by atoms with Gasteiger partial charge in [-0.05, 0) is 25.2 Å². The number of aliphatic hydroxyl groups excluding tert-OH is 1. The molecule has 0 radical (unpaired) electrons. The second-order valence-corrected chi connectivity index (χ2v) is 9.21. The Bertz CT molecular complexity index is 400. The van der Waals surface area contributed by atoms with Crippen LogP contribution in [0.3, 0.4) is 0 Å². The standard InChI is InChI=1S/C16H32NO4P/c1-5-6-7-9-13-14(10-8-11-22(4,19)21-3)16(18)12-15(13)17-20-2/h13-14,16,18H,5-12H2,1-4H3/b17-15-. The van der Waals surface area contributed by atoms with Crippen LogP contribution in [0.25, 0.3) is 0 Å². The molecule has 1 N–H and O–H groups in total. The van der Waals surface area contributed by atoms with E-state index in [0.29, 0.717) is 18.5 Å². The monoisotopic (exact) mass is 333 g/mol. The molecule has 1 fully saturated rings. The number of aliphatic hydroxyl groups is 1. The number of oxime groups is 1. The Morgan fingerprint density at radius 2 is 2.00 bits per heavy atom. The van der Waals surface area contributed by atoms with Crippen LogP contribution in [-0.4, -0.2) is 44.0 Å². The van der Waals surface area contributed by atoms with Gasteiger partial charge in [-0.3, -0.25) is 4.57 Å². The Balaban J connectivity index is 2.63. The van der Waals surface area contributed by atoms with Crippen molar-refractivity contribution in [2.24, 2.45) is 17.0 Å². The van der Waals surface area contributed by atoms with Crippen LogP contribution in [0.1, 0.15) is 51.9 Å². The van der Waals surface area contributed by atoms with E-state index in [1.54, 1.807) is 13.8 Å². The summed E-state index contributed by atoms with van der Waals surface area (Å²) in [6.45, 7) is 3.86. The number of nitrogens with zero attached hydrogens (tertiary/aromatic N) is 1. The molecule has 0 saturated heterocycles. The fourth-order valence-corrected chi connectivity index (χ4v) is 4.29. The van der Waals surface area contributed by atoms with Crippen LogP contribution in [0.4, 0.5) is 0 Å². The van der Waals surface area contributed by atoms with Crippen molar-refractivity contribution in [1.29, 1.82) is 0 Å². The van der Waals surface area contributed by atoms with E-state index in [0.717, 1.165) is 31.4 Å². The van der Waals surface area contributed by atoms with Gasteiger partial charge in [-0.25, -0.2) is 0 Å². The normalized spacial score (nSPS) is 29.7. The molecule has 130 valence electrons. The summed E-state index contributed by atoms with van der Waals surface area (Å²) in [5, 5.41) is 14.5. The molecule has 4 unspecified atom stereocenters. The first-order chi connectivity index (χ1) is 10.4. The molecule has 0 bridgehead atoms. The van der Waals surface area contributed by atoms with Crippen molar-refractivity contribution in [1.82, 2.24) is 0 Å². The average molecular weight is 333 g/mol. The number of rotatable bonds is 10. The van der Waals surface area contributed by atoms with Crippen molar-refractivity contribution in [2.45, 2.75) is 58.0 Å². The molecule has 1 saturated carbocycles. The first-order valence-electron chi connectivity index (χ1n) is 8.35. The zero-order valence-corrected chi connectivity index (χ0v) is 15.3. The highest BCUT2D eigenvalue weighted by Crippen LogP contribution is 2.44. The van der Waals surface area contributed by atoms with Crippen molar-refractivity contribution < 1.29 is 19.0 Å². The van der Waals surface area contributed by atoms with Crippen LogP contribution in [0.15, 0.2) is 5.16 Å². The first-order valence-corrected chi connectivity index (χ1v) is 10.6. The van der Waals surface area contributed by atoms with Gasteiger partial charge in [0.1, 0.15) is 7.11 Å². The molecule has 0 aromatic heterocycles. The number of unbranched alkanes of at least 4 members (excludes halogenated alkanes) is 2. The molecule has 1 rings (SSSR count). The fourth-order valence-electron chi connectivity index (χ4n) is 3.35.